The number of halogens is 1. The van der Waals surface area contributed by atoms with Gasteiger partial charge < -0.3 is 15.1 Å². The van der Waals surface area contributed by atoms with Crippen LogP contribution in [0.1, 0.15) is 25.5 Å². The first-order valence-electron chi connectivity index (χ1n) is 5.83. The Labute approximate surface area is 119 Å². The molecule has 2 heterocycles. The molecule has 2 rings (SSSR count). The van der Waals surface area contributed by atoms with Gasteiger partial charge in [0, 0.05) is 13.1 Å². The van der Waals surface area contributed by atoms with Crippen LogP contribution in [0.2, 0.25) is 0 Å². The maximum Gasteiger partial charge on any atom is 0.191 e. The molecule has 0 unspecified atom stereocenters. The summed E-state index contributed by atoms with van der Waals surface area (Å²) in [6, 6.07) is 3.78. The number of piperidine rings is 1. The average molecular weight is 349 g/mol. The monoisotopic (exact) mass is 349 g/mol. The van der Waals surface area contributed by atoms with Crippen molar-refractivity contribution in [1.29, 1.82) is 0 Å². The topological polar surface area (TPSA) is 54.8 Å². The van der Waals surface area contributed by atoms with Crippen molar-refractivity contribution in [2.75, 3.05) is 13.1 Å². The second-order valence-electron chi connectivity index (χ2n) is 4.42. The molecule has 0 saturated carbocycles. The van der Waals surface area contributed by atoms with Crippen LogP contribution >= 0.6 is 24.0 Å². The second-order valence-corrected chi connectivity index (χ2v) is 4.42. The lowest BCUT2D eigenvalue weighted by atomic mass is 10.00. The lowest BCUT2D eigenvalue weighted by Crippen LogP contribution is -2.42. The minimum absolute atomic E-state index is 0. The molecular formula is C12H20IN3O. The molecule has 96 valence electrons. The smallest absolute Gasteiger partial charge is 0.191 e. The molecular weight excluding hydrogens is 329 g/mol. The van der Waals surface area contributed by atoms with Crippen molar-refractivity contribution < 1.29 is 4.42 Å². The summed E-state index contributed by atoms with van der Waals surface area (Å²) in [5.41, 5.74) is 5.94. The van der Waals surface area contributed by atoms with Gasteiger partial charge in [0.15, 0.2) is 5.96 Å². The average Bonchev–Trinajstić information content (AvgIpc) is 2.80. The summed E-state index contributed by atoms with van der Waals surface area (Å²) in [7, 11) is 0. The number of furan rings is 1. The van der Waals surface area contributed by atoms with Gasteiger partial charge in [-0.1, -0.05) is 6.92 Å². The predicted octanol–water partition coefficient (Wildman–Crippen LogP) is 2.44. The first kappa shape index (κ1) is 14.3. The van der Waals surface area contributed by atoms with E-state index in [1.54, 1.807) is 6.26 Å². The predicted molar refractivity (Wildman–Crippen MR) is 79.4 cm³/mol. The number of likely N-dealkylation sites (tertiary alicyclic amines) is 1. The third-order valence-corrected chi connectivity index (χ3v) is 3.08. The van der Waals surface area contributed by atoms with Gasteiger partial charge in [-0.2, -0.15) is 0 Å². The normalized spacial score (nSPS) is 17.9. The first-order chi connectivity index (χ1) is 7.75. The van der Waals surface area contributed by atoms with Gasteiger partial charge in [0.2, 0.25) is 0 Å². The molecule has 1 aliphatic rings. The molecule has 5 heteroatoms. The lowest BCUT2D eigenvalue weighted by molar-refractivity contribution is 0.277. The van der Waals surface area contributed by atoms with E-state index >= 15 is 0 Å². The van der Waals surface area contributed by atoms with Crippen LogP contribution in [-0.2, 0) is 6.54 Å². The number of rotatable bonds is 2. The summed E-state index contributed by atoms with van der Waals surface area (Å²) in [6.45, 7) is 4.86. The second kappa shape index (κ2) is 6.88. The Balaban J connectivity index is 0.00000144. The zero-order valence-electron chi connectivity index (χ0n) is 10.1. The summed E-state index contributed by atoms with van der Waals surface area (Å²) >= 11 is 0. The van der Waals surface area contributed by atoms with Crippen LogP contribution in [0.4, 0.5) is 0 Å². The highest BCUT2D eigenvalue weighted by atomic mass is 127. The van der Waals surface area contributed by atoms with E-state index in [1.807, 2.05) is 12.1 Å². The van der Waals surface area contributed by atoms with Gasteiger partial charge in [-0.3, -0.25) is 0 Å². The zero-order valence-corrected chi connectivity index (χ0v) is 12.5. The highest BCUT2D eigenvalue weighted by Crippen LogP contribution is 2.15. The lowest BCUT2D eigenvalue weighted by Gasteiger charge is -2.30. The van der Waals surface area contributed by atoms with Gasteiger partial charge in [0.05, 0.1) is 6.26 Å². The molecule has 1 fully saturated rings. The summed E-state index contributed by atoms with van der Waals surface area (Å²) in [4.78, 5) is 6.50. The van der Waals surface area contributed by atoms with Crippen molar-refractivity contribution in [3.05, 3.63) is 24.2 Å². The van der Waals surface area contributed by atoms with Gasteiger partial charge >= 0.3 is 0 Å². The fraction of sp³-hybridized carbons (Fsp3) is 0.583. The first-order valence-corrected chi connectivity index (χ1v) is 5.83. The summed E-state index contributed by atoms with van der Waals surface area (Å²) in [5, 5.41) is 0. The molecule has 0 amide bonds. The van der Waals surface area contributed by atoms with Crippen LogP contribution in [-0.4, -0.2) is 23.9 Å². The third kappa shape index (κ3) is 4.22. The Morgan fingerprint density at radius 2 is 2.24 bits per heavy atom. The van der Waals surface area contributed by atoms with Crippen molar-refractivity contribution >= 4 is 29.9 Å². The zero-order chi connectivity index (χ0) is 11.4. The minimum Gasteiger partial charge on any atom is -0.467 e. The Morgan fingerprint density at radius 3 is 2.82 bits per heavy atom. The van der Waals surface area contributed by atoms with E-state index in [-0.39, 0.29) is 24.0 Å². The number of aliphatic imine (C=N–C) groups is 1. The molecule has 1 aromatic heterocycles. The van der Waals surface area contributed by atoms with E-state index < -0.39 is 0 Å². The molecule has 0 radical (unpaired) electrons. The fourth-order valence-electron chi connectivity index (χ4n) is 1.90. The Kier molecular flexibility index (Phi) is 5.80. The van der Waals surface area contributed by atoms with Crippen LogP contribution in [0.5, 0.6) is 0 Å². The number of hydrogen-bond acceptors (Lipinski definition) is 2. The third-order valence-electron chi connectivity index (χ3n) is 3.08. The van der Waals surface area contributed by atoms with Crippen molar-refractivity contribution in [1.82, 2.24) is 4.90 Å². The van der Waals surface area contributed by atoms with E-state index in [0.29, 0.717) is 12.5 Å². The molecule has 1 aliphatic heterocycles. The molecule has 1 saturated heterocycles. The van der Waals surface area contributed by atoms with Crippen LogP contribution in [0, 0.1) is 5.92 Å². The van der Waals surface area contributed by atoms with E-state index in [9.17, 15) is 0 Å². The van der Waals surface area contributed by atoms with Gasteiger partial charge in [0.1, 0.15) is 12.3 Å². The summed E-state index contributed by atoms with van der Waals surface area (Å²) in [6.07, 6.45) is 4.07. The number of nitrogens with two attached hydrogens (primary N) is 1. The quantitative estimate of drug-likeness (QED) is 0.507. The number of nitrogens with zero attached hydrogens (tertiary/aromatic N) is 2. The molecule has 2 N–H and O–H groups in total. The highest BCUT2D eigenvalue weighted by Gasteiger charge is 2.16. The molecule has 0 spiro atoms. The van der Waals surface area contributed by atoms with Crippen LogP contribution in [0.15, 0.2) is 27.8 Å². The van der Waals surface area contributed by atoms with Gasteiger partial charge in [-0.15, -0.1) is 24.0 Å². The van der Waals surface area contributed by atoms with Crippen molar-refractivity contribution in [2.24, 2.45) is 16.6 Å². The highest BCUT2D eigenvalue weighted by molar-refractivity contribution is 14.0. The van der Waals surface area contributed by atoms with Crippen LogP contribution in [0.25, 0.3) is 0 Å². The van der Waals surface area contributed by atoms with Gasteiger partial charge in [-0.25, -0.2) is 4.99 Å². The largest absolute Gasteiger partial charge is 0.467 e. The van der Waals surface area contributed by atoms with Crippen molar-refractivity contribution in [3.8, 4) is 0 Å². The number of guanidine groups is 1. The Bertz CT molecular complexity index is 343. The molecule has 0 bridgehead atoms. The van der Waals surface area contributed by atoms with Crippen LogP contribution < -0.4 is 5.73 Å². The van der Waals surface area contributed by atoms with E-state index in [2.05, 4.69) is 16.8 Å². The van der Waals surface area contributed by atoms with Gasteiger partial charge in [-0.05, 0) is 30.9 Å². The van der Waals surface area contributed by atoms with Crippen molar-refractivity contribution in [2.45, 2.75) is 26.3 Å². The van der Waals surface area contributed by atoms with E-state index in [0.717, 1.165) is 24.8 Å². The van der Waals surface area contributed by atoms with E-state index in [4.69, 9.17) is 10.2 Å². The standard InChI is InChI=1S/C12H19N3O.HI/c1-10-4-6-15(7-5-10)12(13)14-9-11-3-2-8-16-11;/h2-3,8,10H,4-7,9H2,1H3,(H2,13,14);1H. The number of hydrogen-bond donors (Lipinski definition) is 1. The van der Waals surface area contributed by atoms with Crippen molar-refractivity contribution in [3.63, 3.8) is 0 Å². The maximum absolute atomic E-state index is 5.94. The molecule has 4 nitrogen and oxygen atoms in total. The van der Waals surface area contributed by atoms with Gasteiger partial charge in [0.25, 0.3) is 0 Å². The van der Waals surface area contributed by atoms with E-state index in [1.165, 1.54) is 12.8 Å². The maximum atomic E-state index is 5.94. The molecule has 0 aliphatic carbocycles. The SMILES string of the molecule is CC1CCN(C(N)=NCc2ccco2)CC1.I. The Morgan fingerprint density at radius 1 is 1.53 bits per heavy atom. The van der Waals surface area contributed by atoms with Crippen LogP contribution in [0.3, 0.4) is 0 Å². The fourth-order valence-corrected chi connectivity index (χ4v) is 1.90. The molecule has 0 atom stereocenters. The molecule has 17 heavy (non-hydrogen) atoms. The molecule has 1 aromatic rings. The minimum atomic E-state index is 0. The summed E-state index contributed by atoms with van der Waals surface area (Å²) in [5.74, 6) is 2.31. The summed E-state index contributed by atoms with van der Waals surface area (Å²) < 4.78 is 5.21. The Hall–Kier alpha value is -0.720. The molecule has 0 aromatic carbocycles.